The smallest absolute Gasteiger partial charge is 0.224 e. The van der Waals surface area contributed by atoms with Crippen LogP contribution < -0.4 is 11.1 Å². The SMILES string of the molecule is CSCCCCCCNC(=O)C(C)CN. The zero-order valence-electron chi connectivity index (χ0n) is 9.92. The molecule has 90 valence electrons. The molecule has 0 aromatic heterocycles. The van der Waals surface area contributed by atoms with Crippen molar-refractivity contribution in [2.24, 2.45) is 11.7 Å². The molecule has 1 amide bonds. The Labute approximate surface area is 97.6 Å². The first-order valence-electron chi connectivity index (χ1n) is 5.69. The Kier molecular flexibility index (Phi) is 10.2. The van der Waals surface area contributed by atoms with Crippen LogP contribution in [0.5, 0.6) is 0 Å². The highest BCUT2D eigenvalue weighted by atomic mass is 32.2. The van der Waals surface area contributed by atoms with Crippen molar-refractivity contribution >= 4 is 17.7 Å². The summed E-state index contributed by atoms with van der Waals surface area (Å²) in [6.07, 6.45) is 6.97. The first kappa shape index (κ1) is 14.8. The van der Waals surface area contributed by atoms with Crippen molar-refractivity contribution in [3.05, 3.63) is 0 Å². The van der Waals surface area contributed by atoms with E-state index in [1.54, 1.807) is 0 Å². The number of amides is 1. The Morgan fingerprint density at radius 1 is 1.33 bits per heavy atom. The number of carbonyl (C=O) groups is 1. The van der Waals surface area contributed by atoms with Gasteiger partial charge in [0.05, 0.1) is 0 Å². The summed E-state index contributed by atoms with van der Waals surface area (Å²) in [5.74, 6) is 1.28. The summed E-state index contributed by atoms with van der Waals surface area (Å²) < 4.78 is 0. The van der Waals surface area contributed by atoms with Crippen molar-refractivity contribution < 1.29 is 4.79 Å². The van der Waals surface area contributed by atoms with Gasteiger partial charge in [-0.1, -0.05) is 19.8 Å². The molecule has 1 unspecified atom stereocenters. The zero-order chi connectivity index (χ0) is 11.5. The maximum absolute atomic E-state index is 11.3. The van der Waals surface area contributed by atoms with Gasteiger partial charge in [0.25, 0.3) is 0 Å². The Hall–Kier alpha value is -0.220. The molecular weight excluding hydrogens is 208 g/mol. The summed E-state index contributed by atoms with van der Waals surface area (Å²) in [6.45, 7) is 3.08. The fourth-order valence-electron chi connectivity index (χ4n) is 1.22. The monoisotopic (exact) mass is 232 g/mol. The molecule has 0 bridgehead atoms. The number of nitrogens with one attached hydrogen (secondary N) is 1. The van der Waals surface area contributed by atoms with E-state index in [1.807, 2.05) is 18.7 Å². The summed E-state index contributed by atoms with van der Waals surface area (Å²) in [5.41, 5.74) is 5.40. The molecule has 0 saturated carbocycles. The van der Waals surface area contributed by atoms with Crippen molar-refractivity contribution in [1.29, 1.82) is 0 Å². The van der Waals surface area contributed by atoms with Crippen molar-refractivity contribution in [3.8, 4) is 0 Å². The maximum atomic E-state index is 11.3. The normalized spacial score (nSPS) is 12.5. The summed E-state index contributed by atoms with van der Waals surface area (Å²) in [6, 6.07) is 0. The van der Waals surface area contributed by atoms with Crippen molar-refractivity contribution in [2.75, 3.05) is 25.1 Å². The quantitative estimate of drug-likeness (QED) is 0.594. The molecule has 1 atom stereocenters. The van der Waals surface area contributed by atoms with Crippen LogP contribution >= 0.6 is 11.8 Å². The molecule has 0 heterocycles. The second kappa shape index (κ2) is 10.3. The van der Waals surface area contributed by atoms with E-state index in [2.05, 4.69) is 11.6 Å². The molecule has 0 aliphatic heterocycles. The van der Waals surface area contributed by atoms with Crippen LogP contribution in [-0.2, 0) is 4.79 Å². The first-order valence-corrected chi connectivity index (χ1v) is 7.08. The van der Waals surface area contributed by atoms with E-state index < -0.39 is 0 Å². The third-order valence-electron chi connectivity index (χ3n) is 2.38. The summed E-state index contributed by atoms with van der Waals surface area (Å²) >= 11 is 1.89. The van der Waals surface area contributed by atoms with Gasteiger partial charge in [0.1, 0.15) is 0 Å². The minimum atomic E-state index is -0.0542. The number of carbonyl (C=O) groups excluding carboxylic acids is 1. The van der Waals surface area contributed by atoms with Crippen LogP contribution in [0.2, 0.25) is 0 Å². The lowest BCUT2D eigenvalue weighted by Gasteiger charge is -2.09. The summed E-state index contributed by atoms with van der Waals surface area (Å²) in [5, 5.41) is 2.90. The molecule has 0 rings (SSSR count). The topological polar surface area (TPSA) is 55.1 Å². The van der Waals surface area contributed by atoms with E-state index in [0.29, 0.717) is 6.54 Å². The predicted molar refractivity (Wildman–Crippen MR) is 68.1 cm³/mol. The molecule has 0 aliphatic rings. The molecule has 4 heteroatoms. The highest BCUT2D eigenvalue weighted by Crippen LogP contribution is 2.04. The molecule has 0 aliphatic carbocycles. The molecule has 0 aromatic carbocycles. The molecule has 0 spiro atoms. The minimum Gasteiger partial charge on any atom is -0.356 e. The molecule has 15 heavy (non-hydrogen) atoms. The highest BCUT2D eigenvalue weighted by molar-refractivity contribution is 7.98. The van der Waals surface area contributed by atoms with E-state index in [0.717, 1.165) is 13.0 Å². The number of unbranched alkanes of at least 4 members (excludes halogenated alkanes) is 3. The molecule has 0 aromatic rings. The van der Waals surface area contributed by atoms with Crippen LogP contribution in [0.4, 0.5) is 0 Å². The molecule has 3 N–H and O–H groups in total. The number of hydrogen-bond donors (Lipinski definition) is 2. The van der Waals surface area contributed by atoms with Gasteiger partial charge in [-0.3, -0.25) is 4.79 Å². The van der Waals surface area contributed by atoms with E-state index in [-0.39, 0.29) is 11.8 Å². The van der Waals surface area contributed by atoms with Crippen molar-refractivity contribution in [3.63, 3.8) is 0 Å². The van der Waals surface area contributed by atoms with Crippen LogP contribution in [0.25, 0.3) is 0 Å². The third-order valence-corrected chi connectivity index (χ3v) is 3.07. The molecule has 0 saturated heterocycles. The predicted octanol–water partition coefficient (Wildman–Crippen LogP) is 1.62. The molecule has 3 nitrogen and oxygen atoms in total. The van der Waals surface area contributed by atoms with Gasteiger partial charge in [0, 0.05) is 19.0 Å². The fourth-order valence-corrected chi connectivity index (χ4v) is 1.71. The maximum Gasteiger partial charge on any atom is 0.224 e. The van der Waals surface area contributed by atoms with Crippen molar-refractivity contribution in [1.82, 2.24) is 5.32 Å². The van der Waals surface area contributed by atoms with Gasteiger partial charge in [-0.25, -0.2) is 0 Å². The van der Waals surface area contributed by atoms with Crippen LogP contribution in [0.15, 0.2) is 0 Å². The highest BCUT2D eigenvalue weighted by Gasteiger charge is 2.08. The Balaban J connectivity index is 3.20. The Morgan fingerprint density at radius 2 is 2.00 bits per heavy atom. The number of rotatable bonds is 9. The largest absolute Gasteiger partial charge is 0.356 e. The van der Waals surface area contributed by atoms with Gasteiger partial charge < -0.3 is 11.1 Å². The summed E-state index contributed by atoms with van der Waals surface area (Å²) in [4.78, 5) is 11.3. The average molecular weight is 232 g/mol. The molecular formula is C11H24N2OS. The number of hydrogen-bond acceptors (Lipinski definition) is 3. The Morgan fingerprint density at radius 3 is 2.60 bits per heavy atom. The lowest BCUT2D eigenvalue weighted by Crippen LogP contribution is -2.33. The minimum absolute atomic E-state index is 0.0542. The van der Waals surface area contributed by atoms with Crippen LogP contribution in [0, 0.1) is 5.92 Å². The van der Waals surface area contributed by atoms with Crippen molar-refractivity contribution in [2.45, 2.75) is 32.6 Å². The van der Waals surface area contributed by atoms with Gasteiger partial charge in [0.15, 0.2) is 0 Å². The second-order valence-electron chi connectivity index (χ2n) is 3.83. The average Bonchev–Trinajstić information content (AvgIpc) is 2.26. The third kappa shape index (κ3) is 8.75. The van der Waals surface area contributed by atoms with Crippen LogP contribution in [0.1, 0.15) is 32.6 Å². The second-order valence-corrected chi connectivity index (χ2v) is 4.82. The van der Waals surface area contributed by atoms with Gasteiger partial charge in [-0.15, -0.1) is 0 Å². The molecule has 0 fully saturated rings. The number of thioether (sulfide) groups is 1. The zero-order valence-corrected chi connectivity index (χ0v) is 10.7. The fraction of sp³-hybridized carbons (Fsp3) is 0.909. The summed E-state index contributed by atoms with van der Waals surface area (Å²) in [7, 11) is 0. The first-order chi connectivity index (χ1) is 7.22. The molecule has 0 radical (unpaired) electrons. The number of nitrogens with two attached hydrogens (primary N) is 1. The van der Waals surface area contributed by atoms with Gasteiger partial charge in [0.2, 0.25) is 5.91 Å². The van der Waals surface area contributed by atoms with Gasteiger partial charge >= 0.3 is 0 Å². The lowest BCUT2D eigenvalue weighted by molar-refractivity contribution is -0.124. The van der Waals surface area contributed by atoms with Gasteiger partial charge in [-0.05, 0) is 24.9 Å². The van der Waals surface area contributed by atoms with Crippen LogP contribution in [-0.4, -0.2) is 31.0 Å². The Bertz CT molecular complexity index is 165. The van der Waals surface area contributed by atoms with Gasteiger partial charge in [-0.2, -0.15) is 11.8 Å². The van der Waals surface area contributed by atoms with E-state index >= 15 is 0 Å². The van der Waals surface area contributed by atoms with E-state index in [9.17, 15) is 4.79 Å². The van der Waals surface area contributed by atoms with Crippen LogP contribution in [0.3, 0.4) is 0 Å². The van der Waals surface area contributed by atoms with E-state index in [1.165, 1.54) is 25.0 Å². The standard InChI is InChI=1S/C11H24N2OS/c1-10(9-12)11(14)13-7-5-3-4-6-8-15-2/h10H,3-9,12H2,1-2H3,(H,13,14). The van der Waals surface area contributed by atoms with E-state index in [4.69, 9.17) is 5.73 Å². The lowest BCUT2D eigenvalue weighted by atomic mass is 10.1.